The molecule has 0 bridgehead atoms. The Morgan fingerprint density at radius 1 is 1.26 bits per heavy atom. The molecule has 0 aliphatic carbocycles. The standard InChI is InChI=1S/C18H17ClN6O2/c19-12-6-7-20-13(10-12)18(27)21-11-16(26)24-9-3-4-14(24)17-23-22-15-5-1-2-8-25(15)17/h1-2,5-8,10,14H,3-4,9,11H2,(H,21,27). The van der Waals surface area contributed by atoms with E-state index >= 15 is 0 Å². The van der Waals surface area contributed by atoms with Gasteiger partial charge in [-0.15, -0.1) is 10.2 Å². The first-order chi connectivity index (χ1) is 13.1. The predicted octanol–water partition coefficient (Wildman–Crippen LogP) is 1.87. The van der Waals surface area contributed by atoms with Crippen LogP contribution in [0.2, 0.25) is 5.02 Å². The highest BCUT2D eigenvalue weighted by atomic mass is 35.5. The number of nitrogens with one attached hydrogen (secondary N) is 1. The number of aromatic nitrogens is 4. The Balaban J connectivity index is 1.46. The van der Waals surface area contributed by atoms with Crippen molar-refractivity contribution in [3.63, 3.8) is 0 Å². The molecule has 1 aliphatic heterocycles. The van der Waals surface area contributed by atoms with Crippen LogP contribution in [0.5, 0.6) is 0 Å². The summed E-state index contributed by atoms with van der Waals surface area (Å²) in [5.41, 5.74) is 0.920. The Kier molecular flexibility index (Phi) is 4.72. The van der Waals surface area contributed by atoms with E-state index in [1.165, 1.54) is 12.3 Å². The molecule has 138 valence electrons. The molecule has 4 heterocycles. The molecule has 1 aliphatic rings. The molecule has 3 aromatic rings. The average Bonchev–Trinajstić information content (AvgIpc) is 3.32. The SMILES string of the molecule is O=C(NCC(=O)N1CCCC1c1nnc2ccccn12)c1cc(Cl)ccn1. The van der Waals surface area contributed by atoms with Crippen LogP contribution < -0.4 is 5.32 Å². The molecule has 4 rings (SSSR count). The smallest absolute Gasteiger partial charge is 0.270 e. The number of likely N-dealkylation sites (tertiary alicyclic amines) is 1. The summed E-state index contributed by atoms with van der Waals surface area (Å²) in [6.45, 7) is 0.511. The van der Waals surface area contributed by atoms with Crippen molar-refractivity contribution in [1.29, 1.82) is 0 Å². The van der Waals surface area contributed by atoms with E-state index in [1.54, 1.807) is 11.0 Å². The van der Waals surface area contributed by atoms with Gasteiger partial charge in [0.2, 0.25) is 5.91 Å². The van der Waals surface area contributed by atoms with Crippen molar-refractivity contribution in [2.75, 3.05) is 13.1 Å². The molecule has 3 aromatic heterocycles. The van der Waals surface area contributed by atoms with E-state index in [-0.39, 0.29) is 24.2 Å². The fraction of sp³-hybridized carbons (Fsp3) is 0.278. The number of hydrogen-bond acceptors (Lipinski definition) is 5. The van der Waals surface area contributed by atoms with Crippen molar-refractivity contribution in [1.82, 2.24) is 29.8 Å². The highest BCUT2D eigenvalue weighted by Crippen LogP contribution is 2.30. The molecule has 0 saturated carbocycles. The lowest BCUT2D eigenvalue weighted by Gasteiger charge is -2.23. The number of carbonyl (C=O) groups is 2. The molecule has 1 fully saturated rings. The molecule has 27 heavy (non-hydrogen) atoms. The molecule has 8 nitrogen and oxygen atoms in total. The maximum atomic E-state index is 12.7. The second-order valence-electron chi connectivity index (χ2n) is 6.27. The highest BCUT2D eigenvalue weighted by Gasteiger charge is 2.33. The van der Waals surface area contributed by atoms with Crippen molar-refractivity contribution in [2.24, 2.45) is 0 Å². The first-order valence-electron chi connectivity index (χ1n) is 8.62. The summed E-state index contributed by atoms with van der Waals surface area (Å²) >= 11 is 5.87. The molecule has 1 atom stereocenters. The maximum Gasteiger partial charge on any atom is 0.270 e. The quantitative estimate of drug-likeness (QED) is 0.741. The summed E-state index contributed by atoms with van der Waals surface area (Å²) < 4.78 is 1.89. The van der Waals surface area contributed by atoms with Crippen molar-refractivity contribution >= 4 is 29.1 Å². The minimum absolute atomic E-state index is 0.111. The number of carbonyl (C=O) groups excluding carboxylic acids is 2. The molecular weight excluding hydrogens is 368 g/mol. The lowest BCUT2D eigenvalue weighted by Crippen LogP contribution is -2.40. The summed E-state index contributed by atoms with van der Waals surface area (Å²) in [5, 5.41) is 11.5. The van der Waals surface area contributed by atoms with Crippen LogP contribution in [-0.2, 0) is 4.79 Å². The summed E-state index contributed by atoms with van der Waals surface area (Å²) in [5.74, 6) is 0.134. The summed E-state index contributed by atoms with van der Waals surface area (Å²) in [4.78, 5) is 30.6. The number of hydrogen-bond donors (Lipinski definition) is 1. The van der Waals surface area contributed by atoms with E-state index in [9.17, 15) is 9.59 Å². The fourth-order valence-electron chi connectivity index (χ4n) is 3.30. The molecule has 9 heteroatoms. The van der Waals surface area contributed by atoms with E-state index in [0.29, 0.717) is 11.6 Å². The largest absolute Gasteiger partial charge is 0.342 e. The Bertz CT molecular complexity index is 1000. The Morgan fingerprint density at radius 3 is 3.00 bits per heavy atom. The Labute approximate surface area is 160 Å². The van der Waals surface area contributed by atoms with Crippen molar-refractivity contribution in [3.05, 3.63) is 59.3 Å². The number of pyridine rings is 2. The monoisotopic (exact) mass is 384 g/mol. The molecule has 1 N–H and O–H groups in total. The van der Waals surface area contributed by atoms with Gasteiger partial charge in [0.15, 0.2) is 11.5 Å². The number of rotatable bonds is 4. The third-order valence-corrected chi connectivity index (χ3v) is 4.80. The van der Waals surface area contributed by atoms with E-state index in [1.807, 2.05) is 28.8 Å². The molecular formula is C18H17ClN6O2. The van der Waals surface area contributed by atoms with Crippen LogP contribution >= 0.6 is 11.6 Å². The first kappa shape index (κ1) is 17.4. The van der Waals surface area contributed by atoms with Gasteiger partial charge in [0.1, 0.15) is 5.69 Å². The lowest BCUT2D eigenvalue weighted by atomic mass is 10.2. The van der Waals surface area contributed by atoms with Gasteiger partial charge in [0, 0.05) is 24.0 Å². The van der Waals surface area contributed by atoms with Gasteiger partial charge in [-0.25, -0.2) is 0 Å². The van der Waals surface area contributed by atoms with E-state index in [4.69, 9.17) is 11.6 Å². The van der Waals surface area contributed by atoms with Gasteiger partial charge in [0.05, 0.1) is 12.6 Å². The molecule has 0 radical (unpaired) electrons. The van der Waals surface area contributed by atoms with Crippen LogP contribution in [0, 0.1) is 0 Å². The summed E-state index contributed by atoms with van der Waals surface area (Å²) in [6, 6.07) is 8.56. The number of halogens is 1. The molecule has 1 unspecified atom stereocenters. The van der Waals surface area contributed by atoms with Gasteiger partial charge >= 0.3 is 0 Å². The van der Waals surface area contributed by atoms with Crippen LogP contribution in [0.4, 0.5) is 0 Å². The maximum absolute atomic E-state index is 12.7. The Hall–Kier alpha value is -3.00. The zero-order chi connectivity index (χ0) is 18.8. The van der Waals surface area contributed by atoms with Crippen LogP contribution in [0.3, 0.4) is 0 Å². The number of amides is 2. The van der Waals surface area contributed by atoms with Gasteiger partial charge in [0.25, 0.3) is 5.91 Å². The molecule has 0 aromatic carbocycles. The van der Waals surface area contributed by atoms with Gasteiger partial charge in [-0.2, -0.15) is 0 Å². The zero-order valence-electron chi connectivity index (χ0n) is 14.4. The van der Waals surface area contributed by atoms with Gasteiger partial charge in [-0.3, -0.25) is 19.0 Å². The van der Waals surface area contributed by atoms with Gasteiger partial charge < -0.3 is 10.2 Å². The molecule has 2 amide bonds. The van der Waals surface area contributed by atoms with Crippen molar-refractivity contribution < 1.29 is 9.59 Å². The van der Waals surface area contributed by atoms with Crippen LogP contribution in [0.1, 0.15) is 35.2 Å². The molecule has 1 saturated heterocycles. The van der Waals surface area contributed by atoms with Crippen molar-refractivity contribution in [3.8, 4) is 0 Å². The predicted molar refractivity (Wildman–Crippen MR) is 98.3 cm³/mol. The highest BCUT2D eigenvalue weighted by molar-refractivity contribution is 6.30. The number of nitrogens with zero attached hydrogens (tertiary/aromatic N) is 5. The van der Waals surface area contributed by atoms with Gasteiger partial charge in [-0.05, 0) is 37.1 Å². The fourth-order valence-corrected chi connectivity index (χ4v) is 3.46. The zero-order valence-corrected chi connectivity index (χ0v) is 15.1. The second-order valence-corrected chi connectivity index (χ2v) is 6.71. The van der Waals surface area contributed by atoms with Crippen LogP contribution in [-0.4, -0.2) is 49.4 Å². The van der Waals surface area contributed by atoms with E-state index in [0.717, 1.165) is 24.3 Å². The Morgan fingerprint density at radius 2 is 2.15 bits per heavy atom. The average molecular weight is 385 g/mol. The number of fused-ring (bicyclic) bond motifs is 1. The normalized spacial score (nSPS) is 16.6. The lowest BCUT2D eigenvalue weighted by molar-refractivity contribution is -0.131. The second kappa shape index (κ2) is 7.32. The van der Waals surface area contributed by atoms with Crippen molar-refractivity contribution in [2.45, 2.75) is 18.9 Å². The summed E-state index contributed by atoms with van der Waals surface area (Å²) in [7, 11) is 0. The first-order valence-corrected chi connectivity index (χ1v) is 9.00. The van der Waals surface area contributed by atoms with Crippen LogP contribution in [0.15, 0.2) is 42.7 Å². The van der Waals surface area contributed by atoms with Crippen LogP contribution in [0.25, 0.3) is 5.65 Å². The third kappa shape index (κ3) is 3.48. The van der Waals surface area contributed by atoms with E-state index in [2.05, 4.69) is 20.5 Å². The van der Waals surface area contributed by atoms with Gasteiger partial charge in [-0.1, -0.05) is 17.7 Å². The molecule has 0 spiro atoms. The third-order valence-electron chi connectivity index (χ3n) is 4.57. The minimum atomic E-state index is -0.436. The van der Waals surface area contributed by atoms with E-state index < -0.39 is 5.91 Å². The minimum Gasteiger partial charge on any atom is -0.342 e. The topological polar surface area (TPSA) is 92.5 Å². The summed E-state index contributed by atoms with van der Waals surface area (Å²) in [6.07, 6.45) is 5.03.